The summed E-state index contributed by atoms with van der Waals surface area (Å²) in [5.41, 5.74) is 2.49. The smallest absolute Gasteiger partial charge is 0.351 e. The Morgan fingerprint density at radius 1 is 0.914 bits per heavy atom. The molecule has 1 aliphatic carbocycles. The number of amides is 3. The molecule has 1 atom stereocenters. The first-order chi connectivity index (χ1) is 27.7. The molecule has 3 saturated heterocycles. The van der Waals surface area contributed by atoms with Gasteiger partial charge in [-0.1, -0.05) is 39.3 Å². The Morgan fingerprint density at radius 3 is 2.24 bits per heavy atom. The van der Waals surface area contributed by atoms with E-state index < -0.39 is 11.9 Å². The summed E-state index contributed by atoms with van der Waals surface area (Å²) in [6.45, 7) is 14.9. The van der Waals surface area contributed by atoms with Crippen LogP contribution in [0.3, 0.4) is 0 Å². The molecule has 1 saturated carbocycles. The van der Waals surface area contributed by atoms with E-state index in [4.69, 9.17) is 16.3 Å². The van der Waals surface area contributed by atoms with Crippen molar-refractivity contribution in [1.29, 1.82) is 5.26 Å². The van der Waals surface area contributed by atoms with E-state index in [1.54, 1.807) is 24.4 Å². The first kappa shape index (κ1) is 39.4. The topological polar surface area (TPSA) is 157 Å². The third-order valence-electron chi connectivity index (χ3n) is 12.8. The van der Waals surface area contributed by atoms with Crippen LogP contribution >= 0.6 is 11.6 Å². The van der Waals surface area contributed by atoms with E-state index >= 15 is 0 Å². The Hall–Kier alpha value is -5.39. The SMILES string of the molecule is CC1(C)[C@H](NC(=O)c2ccc(N3CCC(CN4CCN(c5ccc6nn(C7CCC(=O)NC7=O)c(=O)n6c5)CC4)CC3)cc2)C(C)(C)[C@H]1Oc1ccc(C#N)c(Cl)c1. The van der Waals surface area contributed by atoms with Gasteiger partial charge in [-0.15, -0.1) is 5.10 Å². The Balaban J connectivity index is 0.796. The lowest BCUT2D eigenvalue weighted by Gasteiger charge is -2.63. The number of hydrogen-bond acceptors (Lipinski definition) is 10. The summed E-state index contributed by atoms with van der Waals surface area (Å²) in [5, 5.41) is 19.6. The van der Waals surface area contributed by atoms with Crippen LogP contribution < -0.4 is 30.9 Å². The van der Waals surface area contributed by atoms with Crippen molar-refractivity contribution in [3.05, 3.63) is 87.4 Å². The summed E-state index contributed by atoms with van der Waals surface area (Å²) in [5.74, 6) is 0.286. The minimum absolute atomic E-state index is 0.105. The molecule has 4 fully saturated rings. The predicted molar refractivity (Wildman–Crippen MR) is 220 cm³/mol. The number of anilines is 2. The van der Waals surface area contributed by atoms with Crippen LogP contribution in [0.1, 0.15) is 75.3 Å². The first-order valence-electron chi connectivity index (χ1n) is 20.2. The lowest BCUT2D eigenvalue weighted by molar-refractivity contribution is -0.164. The maximum atomic E-state index is 13.5. The number of piperidine rings is 2. The lowest BCUT2D eigenvalue weighted by Crippen LogP contribution is -2.74. The highest BCUT2D eigenvalue weighted by Crippen LogP contribution is 2.55. The Kier molecular flexibility index (Phi) is 10.5. The average Bonchev–Trinajstić information content (AvgIpc) is 3.54. The molecule has 5 heterocycles. The molecule has 0 spiro atoms. The molecule has 0 bridgehead atoms. The fraction of sp³-hybridized carbons (Fsp3) is 0.488. The van der Waals surface area contributed by atoms with Crippen molar-refractivity contribution in [3.8, 4) is 11.8 Å². The van der Waals surface area contributed by atoms with Gasteiger partial charge in [0.2, 0.25) is 5.91 Å². The van der Waals surface area contributed by atoms with Gasteiger partial charge >= 0.3 is 5.69 Å². The molecule has 0 radical (unpaired) electrons. The number of nitrogens with one attached hydrogen (secondary N) is 2. The van der Waals surface area contributed by atoms with E-state index in [0.29, 0.717) is 33.5 Å². The second-order valence-corrected chi connectivity index (χ2v) is 17.8. The van der Waals surface area contributed by atoms with Crippen LogP contribution in [0.5, 0.6) is 5.75 Å². The molecule has 4 aliphatic rings. The summed E-state index contributed by atoms with van der Waals surface area (Å²) >= 11 is 6.25. The van der Waals surface area contributed by atoms with Crippen molar-refractivity contribution in [2.24, 2.45) is 16.7 Å². The van der Waals surface area contributed by atoms with Gasteiger partial charge in [0.1, 0.15) is 24.0 Å². The highest BCUT2D eigenvalue weighted by atomic mass is 35.5. The number of imide groups is 1. The molecule has 2 aromatic carbocycles. The Morgan fingerprint density at radius 2 is 1.59 bits per heavy atom. The molecule has 14 nitrogen and oxygen atoms in total. The number of hydrogen-bond donors (Lipinski definition) is 2. The van der Waals surface area contributed by atoms with Crippen molar-refractivity contribution in [2.75, 3.05) is 55.6 Å². The van der Waals surface area contributed by atoms with Crippen LogP contribution in [0, 0.1) is 28.1 Å². The standard InChI is InChI=1S/C43H50ClN9O5/c1-42(2)39(43(3,4)40(42)58-32-11-7-29(24-45)33(44)23-32)47-37(55)28-5-8-30(9-6-28)50-17-15-27(16-18-50)25-49-19-21-51(22-20-49)31-10-13-35-48-53(41(57)52(35)26-31)34-12-14-36(54)46-38(34)56/h5-11,13,23,26-27,34,39-40H,12,14-22,25H2,1-4H3,(H,47,55)(H,46,54,56)/t34?,39-,40-. The van der Waals surface area contributed by atoms with Gasteiger partial charge in [-0.25, -0.2) is 9.20 Å². The highest BCUT2D eigenvalue weighted by Gasteiger charge is 2.64. The summed E-state index contributed by atoms with van der Waals surface area (Å²) in [6.07, 6.45) is 4.27. The summed E-state index contributed by atoms with van der Waals surface area (Å²) in [7, 11) is 0. The number of rotatable bonds is 9. The van der Waals surface area contributed by atoms with Crippen LogP contribution in [-0.4, -0.2) is 94.8 Å². The van der Waals surface area contributed by atoms with Gasteiger partial charge in [-0.05, 0) is 73.7 Å². The maximum absolute atomic E-state index is 13.5. The maximum Gasteiger partial charge on any atom is 0.351 e. The number of nitriles is 1. The van der Waals surface area contributed by atoms with Crippen LogP contribution in [0.15, 0.2) is 65.6 Å². The summed E-state index contributed by atoms with van der Waals surface area (Å²) in [4.78, 5) is 57.9. The van der Waals surface area contributed by atoms with Crippen LogP contribution in [-0.2, 0) is 9.59 Å². The Bertz CT molecular complexity index is 2320. The molecule has 2 N–H and O–H groups in total. The van der Waals surface area contributed by atoms with Crippen molar-refractivity contribution in [3.63, 3.8) is 0 Å². The van der Waals surface area contributed by atoms with Crippen molar-refractivity contribution < 1.29 is 19.1 Å². The zero-order chi connectivity index (χ0) is 40.9. The number of aromatic nitrogens is 3. The number of carbonyl (C=O) groups excluding carboxylic acids is 3. The van der Waals surface area contributed by atoms with E-state index in [-0.39, 0.29) is 53.3 Å². The number of halogens is 1. The molecule has 4 aromatic rings. The third-order valence-corrected chi connectivity index (χ3v) is 13.1. The highest BCUT2D eigenvalue weighted by molar-refractivity contribution is 6.31. The van der Waals surface area contributed by atoms with Gasteiger partial charge in [-0.3, -0.25) is 24.6 Å². The minimum Gasteiger partial charge on any atom is -0.489 e. The number of benzene rings is 2. The molecule has 3 amide bonds. The fourth-order valence-electron chi connectivity index (χ4n) is 9.85. The van der Waals surface area contributed by atoms with Crippen molar-refractivity contribution >= 4 is 46.3 Å². The van der Waals surface area contributed by atoms with E-state index in [0.717, 1.165) is 70.0 Å². The fourth-order valence-corrected chi connectivity index (χ4v) is 10.1. The van der Waals surface area contributed by atoms with Crippen molar-refractivity contribution in [1.82, 2.24) is 29.7 Å². The number of fused-ring (bicyclic) bond motifs is 1. The van der Waals surface area contributed by atoms with Crippen LogP contribution in [0.4, 0.5) is 11.4 Å². The molecule has 304 valence electrons. The van der Waals surface area contributed by atoms with E-state index in [1.807, 2.05) is 24.3 Å². The number of carbonyl (C=O) groups is 3. The second kappa shape index (κ2) is 15.4. The van der Waals surface area contributed by atoms with Gasteiger partial charge in [-0.2, -0.15) is 9.94 Å². The number of pyridine rings is 1. The van der Waals surface area contributed by atoms with E-state index in [2.05, 4.69) is 76.3 Å². The number of nitrogens with zero attached hydrogens (tertiary/aromatic N) is 7. The summed E-state index contributed by atoms with van der Waals surface area (Å²) < 4.78 is 9.07. The van der Waals surface area contributed by atoms with Gasteiger partial charge in [0.05, 0.1) is 16.3 Å². The zero-order valence-electron chi connectivity index (χ0n) is 33.4. The third kappa shape index (κ3) is 7.41. The van der Waals surface area contributed by atoms with Gasteiger partial charge in [0.15, 0.2) is 5.65 Å². The largest absolute Gasteiger partial charge is 0.489 e. The molecule has 15 heteroatoms. The van der Waals surface area contributed by atoms with Gasteiger partial charge in [0, 0.05) is 92.6 Å². The molecule has 2 aromatic heterocycles. The number of ether oxygens (including phenoxy) is 1. The molecular formula is C43H50ClN9O5. The molecule has 58 heavy (non-hydrogen) atoms. The van der Waals surface area contributed by atoms with Crippen molar-refractivity contribution in [2.45, 2.75) is 71.6 Å². The van der Waals surface area contributed by atoms with Gasteiger partial charge < -0.3 is 19.9 Å². The second-order valence-electron chi connectivity index (χ2n) is 17.4. The Labute approximate surface area is 342 Å². The lowest BCUT2D eigenvalue weighted by atomic mass is 9.49. The van der Waals surface area contributed by atoms with Crippen LogP contribution in [0.25, 0.3) is 5.65 Å². The summed E-state index contributed by atoms with van der Waals surface area (Å²) in [6, 6.07) is 18.0. The predicted octanol–water partition coefficient (Wildman–Crippen LogP) is 4.65. The molecule has 1 unspecified atom stereocenters. The van der Waals surface area contributed by atoms with Gasteiger partial charge in [0.25, 0.3) is 11.8 Å². The normalized spacial score (nSPS) is 23.6. The molecule has 3 aliphatic heterocycles. The zero-order valence-corrected chi connectivity index (χ0v) is 34.2. The van der Waals surface area contributed by atoms with E-state index in [9.17, 15) is 24.4 Å². The number of piperazine rings is 1. The monoisotopic (exact) mass is 807 g/mol. The molecule has 8 rings (SSSR count). The quantitative estimate of drug-likeness (QED) is 0.228. The first-order valence-corrected chi connectivity index (χ1v) is 20.5. The average molecular weight is 808 g/mol. The minimum atomic E-state index is -0.790. The molecular weight excluding hydrogens is 758 g/mol. The van der Waals surface area contributed by atoms with E-state index in [1.165, 1.54) is 9.08 Å². The van der Waals surface area contributed by atoms with Crippen LogP contribution in [0.2, 0.25) is 5.02 Å².